The first-order chi connectivity index (χ1) is 6.65. The van der Waals surface area contributed by atoms with Crippen molar-refractivity contribution >= 4 is 40.5 Å². The highest BCUT2D eigenvalue weighted by molar-refractivity contribution is 6.43. The number of aromatic nitrogens is 2. The first-order valence-corrected chi connectivity index (χ1v) is 4.66. The maximum atomic E-state index is 10.8. The fourth-order valence-corrected chi connectivity index (χ4v) is 1.73. The van der Waals surface area contributed by atoms with E-state index in [1.165, 1.54) is 0 Å². The molecule has 2 rings (SSSR count). The van der Waals surface area contributed by atoms with Crippen LogP contribution < -0.4 is 0 Å². The highest BCUT2D eigenvalue weighted by Crippen LogP contribution is 2.29. The number of carbonyl (C=O) groups is 1. The molecule has 0 aromatic carbocycles. The number of carbonyl (C=O) groups excluding carboxylic acids is 1. The summed E-state index contributed by atoms with van der Waals surface area (Å²) >= 11 is 11.6. The average molecular weight is 229 g/mol. The third-order valence-corrected chi connectivity index (χ3v) is 2.82. The molecule has 5 heteroatoms. The zero-order chi connectivity index (χ0) is 10.3. The van der Waals surface area contributed by atoms with E-state index in [-0.39, 0.29) is 10.2 Å². The molecule has 2 aromatic heterocycles. The van der Waals surface area contributed by atoms with E-state index in [0.717, 1.165) is 5.39 Å². The number of aryl methyl sites for hydroxylation is 1. The van der Waals surface area contributed by atoms with Gasteiger partial charge in [-0.3, -0.25) is 4.79 Å². The Morgan fingerprint density at radius 3 is 2.86 bits per heavy atom. The lowest BCUT2D eigenvalue weighted by Crippen LogP contribution is -1.93. The molecule has 0 N–H and O–H groups in total. The van der Waals surface area contributed by atoms with Crippen molar-refractivity contribution in [2.45, 2.75) is 0 Å². The summed E-state index contributed by atoms with van der Waals surface area (Å²) in [5.74, 6) is 0. The predicted molar refractivity (Wildman–Crippen MR) is 56.1 cm³/mol. The number of halogens is 2. The Labute approximate surface area is 90.2 Å². The largest absolute Gasteiger partial charge is 0.336 e. The van der Waals surface area contributed by atoms with Gasteiger partial charge in [0, 0.05) is 24.2 Å². The SMILES string of the molecule is Cn1ccc2c(C=O)c(Cl)c(Cl)nc21. The van der Waals surface area contributed by atoms with Gasteiger partial charge in [0.1, 0.15) is 5.65 Å². The molecular weight excluding hydrogens is 223 g/mol. The highest BCUT2D eigenvalue weighted by Gasteiger charge is 2.13. The van der Waals surface area contributed by atoms with Gasteiger partial charge < -0.3 is 4.57 Å². The van der Waals surface area contributed by atoms with Gasteiger partial charge in [-0.2, -0.15) is 0 Å². The number of hydrogen-bond acceptors (Lipinski definition) is 2. The summed E-state index contributed by atoms with van der Waals surface area (Å²) in [4.78, 5) is 14.9. The van der Waals surface area contributed by atoms with E-state index in [1.54, 1.807) is 16.8 Å². The van der Waals surface area contributed by atoms with Gasteiger partial charge in [0.2, 0.25) is 0 Å². The van der Waals surface area contributed by atoms with Crippen LogP contribution in [-0.2, 0) is 7.05 Å². The number of fused-ring (bicyclic) bond motifs is 1. The van der Waals surface area contributed by atoms with Crippen molar-refractivity contribution in [2.24, 2.45) is 7.05 Å². The van der Waals surface area contributed by atoms with Crippen LogP contribution in [0.5, 0.6) is 0 Å². The van der Waals surface area contributed by atoms with Gasteiger partial charge in [0.15, 0.2) is 11.4 Å². The summed E-state index contributed by atoms with van der Waals surface area (Å²) in [6.07, 6.45) is 2.50. The number of aldehydes is 1. The van der Waals surface area contributed by atoms with Crippen molar-refractivity contribution in [2.75, 3.05) is 0 Å². The van der Waals surface area contributed by atoms with Crippen molar-refractivity contribution in [1.29, 1.82) is 0 Å². The number of nitrogens with zero attached hydrogens (tertiary/aromatic N) is 2. The predicted octanol–water partition coefficient (Wildman–Crippen LogP) is 2.69. The molecule has 0 amide bonds. The van der Waals surface area contributed by atoms with Crippen molar-refractivity contribution in [3.63, 3.8) is 0 Å². The second-order valence-electron chi connectivity index (χ2n) is 2.91. The second-order valence-corrected chi connectivity index (χ2v) is 3.65. The molecule has 3 nitrogen and oxygen atoms in total. The Morgan fingerprint density at radius 2 is 2.21 bits per heavy atom. The quantitative estimate of drug-likeness (QED) is 0.556. The van der Waals surface area contributed by atoms with Crippen molar-refractivity contribution < 1.29 is 4.79 Å². The van der Waals surface area contributed by atoms with E-state index in [1.807, 2.05) is 7.05 Å². The van der Waals surface area contributed by atoms with Gasteiger partial charge in [-0.25, -0.2) is 4.98 Å². The molecule has 0 aliphatic heterocycles. The van der Waals surface area contributed by atoms with Gasteiger partial charge in [-0.1, -0.05) is 23.2 Å². The lowest BCUT2D eigenvalue weighted by atomic mass is 10.2. The zero-order valence-corrected chi connectivity index (χ0v) is 8.80. The minimum atomic E-state index is 0.156. The molecule has 0 unspecified atom stereocenters. The van der Waals surface area contributed by atoms with Gasteiger partial charge in [-0.15, -0.1) is 0 Å². The molecule has 0 atom stereocenters. The molecule has 0 aliphatic rings. The minimum absolute atomic E-state index is 0.156. The molecule has 0 fully saturated rings. The van der Waals surface area contributed by atoms with E-state index in [0.29, 0.717) is 17.5 Å². The molecule has 72 valence electrons. The van der Waals surface area contributed by atoms with Crippen LogP contribution in [0.2, 0.25) is 10.2 Å². The molecular formula is C9H6Cl2N2O. The second kappa shape index (κ2) is 3.26. The summed E-state index contributed by atoms with van der Waals surface area (Å²) in [5.41, 5.74) is 1.05. The van der Waals surface area contributed by atoms with E-state index < -0.39 is 0 Å². The fraction of sp³-hybridized carbons (Fsp3) is 0.111. The third-order valence-electron chi connectivity index (χ3n) is 2.07. The fourth-order valence-electron chi connectivity index (χ4n) is 1.36. The van der Waals surface area contributed by atoms with E-state index in [4.69, 9.17) is 23.2 Å². The minimum Gasteiger partial charge on any atom is -0.336 e. The van der Waals surface area contributed by atoms with Crippen LogP contribution in [0.4, 0.5) is 0 Å². The van der Waals surface area contributed by atoms with Crippen LogP contribution in [0, 0.1) is 0 Å². The summed E-state index contributed by atoms with van der Waals surface area (Å²) < 4.78 is 1.78. The first-order valence-electron chi connectivity index (χ1n) is 3.90. The van der Waals surface area contributed by atoms with Crippen LogP contribution in [0.1, 0.15) is 10.4 Å². The third kappa shape index (κ3) is 1.21. The van der Waals surface area contributed by atoms with Crippen LogP contribution in [-0.4, -0.2) is 15.8 Å². The molecule has 0 saturated heterocycles. The Hall–Kier alpha value is -1.06. The summed E-state index contributed by atoms with van der Waals surface area (Å²) in [6.45, 7) is 0. The van der Waals surface area contributed by atoms with Gasteiger partial charge in [0.25, 0.3) is 0 Å². The number of pyridine rings is 1. The maximum absolute atomic E-state index is 10.8. The van der Waals surface area contributed by atoms with Crippen LogP contribution in [0.15, 0.2) is 12.3 Å². The molecule has 2 heterocycles. The molecule has 0 radical (unpaired) electrons. The van der Waals surface area contributed by atoms with Crippen LogP contribution in [0.3, 0.4) is 0 Å². The van der Waals surface area contributed by atoms with Gasteiger partial charge >= 0.3 is 0 Å². The maximum Gasteiger partial charge on any atom is 0.152 e. The number of hydrogen-bond donors (Lipinski definition) is 0. The lowest BCUT2D eigenvalue weighted by Gasteiger charge is -2.01. The average Bonchev–Trinajstić information content (AvgIpc) is 2.51. The standard InChI is InChI=1S/C9H6Cl2N2O/c1-13-3-2-5-6(4-14)7(10)8(11)12-9(5)13/h2-4H,1H3. The Bertz CT molecular complexity index is 519. The molecule has 0 bridgehead atoms. The Morgan fingerprint density at radius 1 is 1.50 bits per heavy atom. The van der Waals surface area contributed by atoms with Gasteiger partial charge in [0.05, 0.1) is 5.02 Å². The van der Waals surface area contributed by atoms with Crippen LogP contribution in [0.25, 0.3) is 11.0 Å². The van der Waals surface area contributed by atoms with E-state index in [9.17, 15) is 4.79 Å². The molecule has 2 aromatic rings. The highest BCUT2D eigenvalue weighted by atomic mass is 35.5. The monoisotopic (exact) mass is 228 g/mol. The molecule has 14 heavy (non-hydrogen) atoms. The van der Waals surface area contributed by atoms with E-state index in [2.05, 4.69) is 4.98 Å². The van der Waals surface area contributed by atoms with E-state index >= 15 is 0 Å². The Kier molecular flexibility index (Phi) is 2.21. The summed E-state index contributed by atoms with van der Waals surface area (Å²) in [7, 11) is 1.83. The van der Waals surface area contributed by atoms with Crippen molar-refractivity contribution in [1.82, 2.24) is 9.55 Å². The smallest absolute Gasteiger partial charge is 0.152 e. The Balaban J connectivity index is 2.97. The van der Waals surface area contributed by atoms with Gasteiger partial charge in [-0.05, 0) is 6.07 Å². The lowest BCUT2D eigenvalue weighted by molar-refractivity contribution is 0.112. The summed E-state index contributed by atoms with van der Waals surface area (Å²) in [6, 6.07) is 1.79. The normalized spacial score (nSPS) is 10.8. The van der Waals surface area contributed by atoms with Crippen molar-refractivity contribution in [3.05, 3.63) is 28.0 Å². The first kappa shape index (κ1) is 9.49. The topological polar surface area (TPSA) is 34.9 Å². The summed E-state index contributed by atoms with van der Waals surface area (Å²) in [5, 5.41) is 1.08. The number of rotatable bonds is 1. The molecule has 0 spiro atoms. The van der Waals surface area contributed by atoms with Crippen molar-refractivity contribution in [3.8, 4) is 0 Å². The van der Waals surface area contributed by atoms with Crippen LogP contribution >= 0.6 is 23.2 Å². The zero-order valence-electron chi connectivity index (χ0n) is 7.29. The molecule has 0 aliphatic carbocycles. The molecule has 0 saturated carbocycles.